The zero-order valence-electron chi connectivity index (χ0n) is 15.3. The maximum Gasteiger partial charge on any atom is 0.193 e. The predicted octanol–water partition coefficient (Wildman–Crippen LogP) is 3.01. The number of aromatic nitrogens is 2. The third-order valence-electron chi connectivity index (χ3n) is 4.30. The number of aliphatic imine (C=N–C) groups is 1. The van der Waals surface area contributed by atoms with E-state index in [4.69, 9.17) is 9.73 Å². The molecule has 0 aliphatic carbocycles. The fraction of sp³-hybridized carbons (Fsp3) is 0.474. The number of piperidine rings is 1. The molecule has 0 spiro atoms. The predicted molar refractivity (Wildman–Crippen MR) is 115 cm³/mol. The van der Waals surface area contributed by atoms with Gasteiger partial charge in [0.05, 0.1) is 12.9 Å². The van der Waals surface area contributed by atoms with E-state index in [1.807, 2.05) is 47.4 Å². The summed E-state index contributed by atoms with van der Waals surface area (Å²) in [5.74, 6) is 1.96. The molecular formula is C19H28IN5O. The van der Waals surface area contributed by atoms with Gasteiger partial charge in [-0.05, 0) is 19.1 Å². The van der Waals surface area contributed by atoms with E-state index in [0.717, 1.165) is 57.3 Å². The highest BCUT2D eigenvalue weighted by atomic mass is 127. The molecule has 3 rings (SSSR count). The van der Waals surface area contributed by atoms with Gasteiger partial charge >= 0.3 is 0 Å². The maximum absolute atomic E-state index is 6.08. The second kappa shape index (κ2) is 11.1. The van der Waals surface area contributed by atoms with E-state index in [9.17, 15) is 0 Å². The van der Waals surface area contributed by atoms with Crippen molar-refractivity contribution in [1.82, 2.24) is 19.8 Å². The highest BCUT2D eigenvalue weighted by molar-refractivity contribution is 14.0. The molecule has 1 saturated heterocycles. The van der Waals surface area contributed by atoms with Crippen LogP contribution in [0.1, 0.15) is 19.8 Å². The third kappa shape index (κ3) is 6.19. The summed E-state index contributed by atoms with van der Waals surface area (Å²) in [6.07, 6.45) is 7.91. The van der Waals surface area contributed by atoms with Crippen molar-refractivity contribution in [1.29, 1.82) is 0 Å². The molecule has 1 aromatic heterocycles. The largest absolute Gasteiger partial charge is 0.490 e. The molecule has 7 heteroatoms. The lowest BCUT2D eigenvalue weighted by molar-refractivity contribution is 0.129. The van der Waals surface area contributed by atoms with Gasteiger partial charge in [-0.3, -0.25) is 4.99 Å². The molecule has 0 saturated carbocycles. The number of guanidine groups is 1. The number of hydrogen-bond donors (Lipinski definition) is 1. The summed E-state index contributed by atoms with van der Waals surface area (Å²) >= 11 is 0. The van der Waals surface area contributed by atoms with Crippen molar-refractivity contribution in [3.05, 3.63) is 49.1 Å². The van der Waals surface area contributed by atoms with Crippen molar-refractivity contribution in [3.8, 4) is 5.75 Å². The van der Waals surface area contributed by atoms with Gasteiger partial charge in [-0.25, -0.2) is 4.98 Å². The molecule has 0 atom stereocenters. The first-order valence-corrected chi connectivity index (χ1v) is 9.06. The van der Waals surface area contributed by atoms with Crippen LogP contribution in [0.4, 0.5) is 0 Å². The van der Waals surface area contributed by atoms with Gasteiger partial charge < -0.3 is 19.5 Å². The van der Waals surface area contributed by atoms with Crippen LogP contribution in [0.25, 0.3) is 0 Å². The minimum absolute atomic E-state index is 0. The van der Waals surface area contributed by atoms with Crippen molar-refractivity contribution >= 4 is 29.9 Å². The van der Waals surface area contributed by atoms with Crippen LogP contribution in [0.15, 0.2) is 54.0 Å². The second-order valence-corrected chi connectivity index (χ2v) is 6.15. The number of likely N-dealkylation sites (tertiary alicyclic amines) is 1. The van der Waals surface area contributed by atoms with Crippen LogP contribution in [0.3, 0.4) is 0 Å². The monoisotopic (exact) mass is 469 g/mol. The molecule has 6 nitrogen and oxygen atoms in total. The molecule has 26 heavy (non-hydrogen) atoms. The zero-order valence-corrected chi connectivity index (χ0v) is 17.6. The Hall–Kier alpha value is -1.77. The second-order valence-electron chi connectivity index (χ2n) is 6.15. The van der Waals surface area contributed by atoms with E-state index in [-0.39, 0.29) is 30.1 Å². The van der Waals surface area contributed by atoms with Crippen molar-refractivity contribution in [3.63, 3.8) is 0 Å². The molecule has 0 unspecified atom stereocenters. The summed E-state index contributed by atoms with van der Waals surface area (Å²) in [5, 5.41) is 3.41. The number of ether oxygens (including phenoxy) is 1. The first kappa shape index (κ1) is 20.5. The van der Waals surface area contributed by atoms with E-state index in [1.54, 1.807) is 6.20 Å². The molecule has 2 heterocycles. The SMILES string of the molecule is CCNC(=NCCn1ccnc1)N1CCC(Oc2ccccc2)CC1.I. The van der Waals surface area contributed by atoms with Crippen LogP contribution in [0.5, 0.6) is 5.75 Å². The number of imidazole rings is 1. The quantitative estimate of drug-likeness (QED) is 0.402. The average molecular weight is 469 g/mol. The number of rotatable bonds is 6. The molecule has 1 aliphatic rings. The molecule has 1 N–H and O–H groups in total. The summed E-state index contributed by atoms with van der Waals surface area (Å²) in [6, 6.07) is 10.1. The summed E-state index contributed by atoms with van der Waals surface area (Å²) in [4.78, 5) is 11.2. The van der Waals surface area contributed by atoms with Gasteiger partial charge in [0.25, 0.3) is 0 Å². The van der Waals surface area contributed by atoms with Crippen molar-refractivity contribution in [2.45, 2.75) is 32.4 Å². The molecule has 142 valence electrons. The fourth-order valence-electron chi connectivity index (χ4n) is 2.99. The van der Waals surface area contributed by atoms with Gasteiger partial charge in [0.15, 0.2) is 5.96 Å². The number of halogens is 1. The van der Waals surface area contributed by atoms with E-state index >= 15 is 0 Å². The highest BCUT2D eigenvalue weighted by Gasteiger charge is 2.22. The number of nitrogens with one attached hydrogen (secondary N) is 1. The first-order chi connectivity index (χ1) is 12.3. The van der Waals surface area contributed by atoms with Crippen LogP contribution in [0.2, 0.25) is 0 Å². The van der Waals surface area contributed by atoms with Crippen LogP contribution < -0.4 is 10.1 Å². The Labute approximate surface area is 172 Å². The third-order valence-corrected chi connectivity index (χ3v) is 4.30. The summed E-state index contributed by atoms with van der Waals surface area (Å²) in [7, 11) is 0. The van der Waals surface area contributed by atoms with Gasteiger partial charge in [-0.15, -0.1) is 24.0 Å². The van der Waals surface area contributed by atoms with Gasteiger partial charge in [-0.1, -0.05) is 18.2 Å². The van der Waals surface area contributed by atoms with Crippen LogP contribution in [0, 0.1) is 0 Å². The van der Waals surface area contributed by atoms with Gasteiger partial charge in [0, 0.05) is 51.4 Å². The standard InChI is InChI=1S/C19H27N5O.HI/c1-2-21-19(22-11-15-23-14-10-20-16-23)24-12-8-18(9-13-24)25-17-6-4-3-5-7-17;/h3-7,10,14,16,18H,2,8-9,11-13,15H2,1H3,(H,21,22);1H. The number of para-hydroxylation sites is 1. The van der Waals surface area contributed by atoms with Crippen LogP contribution in [-0.2, 0) is 6.54 Å². The molecule has 1 aromatic carbocycles. The summed E-state index contributed by atoms with van der Waals surface area (Å²) in [5.41, 5.74) is 0. The molecule has 0 radical (unpaired) electrons. The Morgan fingerprint density at radius 3 is 2.69 bits per heavy atom. The van der Waals surface area contributed by atoms with Gasteiger partial charge in [-0.2, -0.15) is 0 Å². The van der Waals surface area contributed by atoms with Gasteiger partial charge in [0.1, 0.15) is 11.9 Å². The normalized spacial score (nSPS) is 15.4. The van der Waals surface area contributed by atoms with Crippen molar-refractivity contribution in [2.75, 3.05) is 26.2 Å². The van der Waals surface area contributed by atoms with Crippen molar-refractivity contribution < 1.29 is 4.74 Å². The molecular weight excluding hydrogens is 441 g/mol. The Kier molecular flexibility index (Phi) is 8.73. The summed E-state index contributed by atoms with van der Waals surface area (Å²) in [6.45, 7) is 6.52. The van der Waals surface area contributed by atoms with E-state index in [1.165, 1.54) is 0 Å². The Bertz CT molecular complexity index is 639. The Morgan fingerprint density at radius 1 is 1.27 bits per heavy atom. The minimum atomic E-state index is 0. The van der Waals surface area contributed by atoms with E-state index in [2.05, 4.69) is 22.1 Å². The Morgan fingerprint density at radius 2 is 2.04 bits per heavy atom. The minimum Gasteiger partial charge on any atom is -0.490 e. The number of benzene rings is 1. The number of hydrogen-bond acceptors (Lipinski definition) is 3. The molecule has 2 aromatic rings. The topological polar surface area (TPSA) is 54.7 Å². The van der Waals surface area contributed by atoms with Gasteiger partial charge in [0.2, 0.25) is 0 Å². The summed E-state index contributed by atoms with van der Waals surface area (Å²) < 4.78 is 8.12. The zero-order chi connectivity index (χ0) is 17.3. The molecule has 1 fully saturated rings. The van der Waals surface area contributed by atoms with Crippen LogP contribution in [-0.4, -0.2) is 52.7 Å². The van der Waals surface area contributed by atoms with E-state index < -0.39 is 0 Å². The smallest absolute Gasteiger partial charge is 0.193 e. The maximum atomic E-state index is 6.08. The van der Waals surface area contributed by atoms with Crippen molar-refractivity contribution in [2.24, 2.45) is 4.99 Å². The first-order valence-electron chi connectivity index (χ1n) is 9.06. The molecule has 1 aliphatic heterocycles. The average Bonchev–Trinajstić information content (AvgIpc) is 3.16. The number of nitrogens with zero attached hydrogens (tertiary/aromatic N) is 4. The highest BCUT2D eigenvalue weighted by Crippen LogP contribution is 2.18. The Balaban J connectivity index is 0.00000243. The fourth-order valence-corrected chi connectivity index (χ4v) is 2.99. The molecule has 0 amide bonds. The lowest BCUT2D eigenvalue weighted by Gasteiger charge is -2.34. The molecule has 0 bridgehead atoms. The lowest BCUT2D eigenvalue weighted by atomic mass is 10.1. The van der Waals surface area contributed by atoms with Crippen LogP contribution >= 0.6 is 24.0 Å². The lowest BCUT2D eigenvalue weighted by Crippen LogP contribution is -2.47. The van der Waals surface area contributed by atoms with E-state index in [0.29, 0.717) is 0 Å².